The van der Waals surface area contributed by atoms with Crippen LogP contribution in [0.25, 0.3) is 0 Å². The molecule has 0 saturated heterocycles. The molecular formula is C19H19F3N2O3. The number of hydrogen-bond donors (Lipinski definition) is 2. The van der Waals surface area contributed by atoms with Gasteiger partial charge in [-0.2, -0.15) is 13.2 Å². The maximum Gasteiger partial charge on any atom is 0.416 e. The second-order valence-corrected chi connectivity index (χ2v) is 6.34. The van der Waals surface area contributed by atoms with Gasteiger partial charge in [0.2, 0.25) is 11.8 Å². The Morgan fingerprint density at radius 3 is 1.96 bits per heavy atom. The minimum atomic E-state index is -4.53. The molecule has 27 heavy (non-hydrogen) atoms. The molecule has 0 radical (unpaired) electrons. The van der Waals surface area contributed by atoms with Gasteiger partial charge in [-0.25, -0.2) is 0 Å². The monoisotopic (exact) mass is 380 g/mol. The summed E-state index contributed by atoms with van der Waals surface area (Å²) >= 11 is 0. The van der Waals surface area contributed by atoms with Crippen LogP contribution in [0.1, 0.15) is 19.4 Å². The minimum Gasteiger partial charge on any atom is -0.497 e. The lowest BCUT2D eigenvalue weighted by molar-refractivity contribution is -0.138. The maximum absolute atomic E-state index is 12.8. The largest absolute Gasteiger partial charge is 0.497 e. The van der Waals surface area contributed by atoms with Crippen LogP contribution in [0.3, 0.4) is 0 Å². The number of carbonyl (C=O) groups is 2. The highest BCUT2D eigenvalue weighted by Gasteiger charge is 2.37. The minimum absolute atomic E-state index is 0.0415. The Hall–Kier alpha value is -3.03. The Kier molecular flexibility index (Phi) is 5.78. The average Bonchev–Trinajstić information content (AvgIpc) is 2.61. The number of anilines is 2. The molecule has 2 N–H and O–H groups in total. The van der Waals surface area contributed by atoms with Gasteiger partial charge in [0.05, 0.1) is 12.7 Å². The van der Waals surface area contributed by atoms with E-state index in [1.807, 2.05) is 0 Å². The highest BCUT2D eigenvalue weighted by molar-refractivity contribution is 6.14. The fourth-order valence-corrected chi connectivity index (χ4v) is 2.13. The van der Waals surface area contributed by atoms with Crippen molar-refractivity contribution in [3.8, 4) is 5.75 Å². The van der Waals surface area contributed by atoms with Crippen LogP contribution in [-0.4, -0.2) is 18.9 Å². The van der Waals surface area contributed by atoms with Crippen LogP contribution in [0.2, 0.25) is 0 Å². The zero-order valence-electron chi connectivity index (χ0n) is 15.0. The van der Waals surface area contributed by atoms with Crippen LogP contribution in [0.5, 0.6) is 5.75 Å². The quantitative estimate of drug-likeness (QED) is 0.760. The van der Waals surface area contributed by atoms with Crippen molar-refractivity contribution < 1.29 is 27.5 Å². The van der Waals surface area contributed by atoms with E-state index in [1.54, 1.807) is 24.3 Å². The van der Waals surface area contributed by atoms with Crippen molar-refractivity contribution in [1.82, 2.24) is 0 Å². The molecular weight excluding hydrogens is 361 g/mol. The first-order valence-electron chi connectivity index (χ1n) is 7.98. The highest BCUT2D eigenvalue weighted by atomic mass is 19.4. The molecule has 0 spiro atoms. The Bertz CT molecular complexity index is 831. The van der Waals surface area contributed by atoms with E-state index < -0.39 is 29.0 Å². The molecule has 2 aromatic rings. The van der Waals surface area contributed by atoms with Crippen LogP contribution < -0.4 is 15.4 Å². The molecule has 0 aliphatic carbocycles. The predicted octanol–water partition coefficient (Wildman–Crippen LogP) is 4.32. The molecule has 0 fully saturated rings. The molecule has 2 amide bonds. The number of carbonyl (C=O) groups excluding carboxylic acids is 2. The summed E-state index contributed by atoms with van der Waals surface area (Å²) in [6.45, 7) is 2.77. The fourth-order valence-electron chi connectivity index (χ4n) is 2.13. The second-order valence-electron chi connectivity index (χ2n) is 6.34. The number of nitrogens with one attached hydrogen (secondary N) is 2. The first-order valence-corrected chi connectivity index (χ1v) is 7.98. The predicted molar refractivity (Wildman–Crippen MR) is 95.5 cm³/mol. The van der Waals surface area contributed by atoms with Gasteiger partial charge in [-0.15, -0.1) is 0 Å². The summed E-state index contributed by atoms with van der Waals surface area (Å²) in [5, 5.41) is 4.96. The van der Waals surface area contributed by atoms with Crippen LogP contribution in [0.15, 0.2) is 48.5 Å². The van der Waals surface area contributed by atoms with E-state index >= 15 is 0 Å². The van der Waals surface area contributed by atoms with Crippen molar-refractivity contribution in [1.29, 1.82) is 0 Å². The number of hydrogen-bond acceptors (Lipinski definition) is 3. The third kappa shape index (κ3) is 4.99. The molecule has 0 saturated carbocycles. The van der Waals surface area contributed by atoms with Crippen LogP contribution in [0, 0.1) is 5.41 Å². The van der Waals surface area contributed by atoms with Crippen molar-refractivity contribution in [3.63, 3.8) is 0 Å². The van der Waals surface area contributed by atoms with Crippen LogP contribution in [-0.2, 0) is 15.8 Å². The molecule has 2 aromatic carbocycles. The molecule has 0 heterocycles. The molecule has 144 valence electrons. The smallest absolute Gasteiger partial charge is 0.416 e. The summed E-state index contributed by atoms with van der Waals surface area (Å²) in [6, 6.07) is 10.7. The SMILES string of the molecule is COc1ccc(NC(=O)C(C)(C)C(=O)Nc2cccc(C(F)(F)F)c2)cc1. The van der Waals surface area contributed by atoms with Crippen molar-refractivity contribution in [2.45, 2.75) is 20.0 Å². The van der Waals surface area contributed by atoms with E-state index in [1.165, 1.54) is 33.1 Å². The van der Waals surface area contributed by atoms with Gasteiger partial charge in [0.1, 0.15) is 11.2 Å². The highest BCUT2D eigenvalue weighted by Crippen LogP contribution is 2.31. The third-order valence-corrected chi connectivity index (χ3v) is 3.93. The molecule has 8 heteroatoms. The average molecular weight is 380 g/mol. The first-order chi connectivity index (χ1) is 12.5. The zero-order chi connectivity index (χ0) is 20.2. The summed E-state index contributed by atoms with van der Waals surface area (Å²) in [7, 11) is 1.51. The number of ether oxygens (including phenoxy) is 1. The van der Waals surface area contributed by atoms with Crippen LogP contribution in [0.4, 0.5) is 24.5 Å². The third-order valence-electron chi connectivity index (χ3n) is 3.93. The number of amides is 2. The molecule has 0 unspecified atom stereocenters. The lowest BCUT2D eigenvalue weighted by Crippen LogP contribution is -2.41. The molecule has 0 aliphatic rings. The van der Waals surface area contributed by atoms with Crippen molar-refractivity contribution in [2.75, 3.05) is 17.7 Å². The van der Waals surface area contributed by atoms with Gasteiger partial charge in [-0.1, -0.05) is 6.07 Å². The summed E-state index contributed by atoms with van der Waals surface area (Å²) in [4.78, 5) is 24.9. The van der Waals surface area contributed by atoms with Crippen LogP contribution >= 0.6 is 0 Å². The van der Waals surface area contributed by atoms with Crippen molar-refractivity contribution in [2.24, 2.45) is 5.41 Å². The molecule has 5 nitrogen and oxygen atoms in total. The second kappa shape index (κ2) is 7.69. The van der Waals surface area contributed by atoms with Gasteiger partial charge in [0, 0.05) is 11.4 Å². The Balaban J connectivity index is 2.10. The number of methoxy groups -OCH3 is 1. The molecule has 2 rings (SSSR count). The van der Waals surface area contributed by atoms with Gasteiger partial charge < -0.3 is 15.4 Å². The van der Waals surface area contributed by atoms with E-state index in [9.17, 15) is 22.8 Å². The summed E-state index contributed by atoms with van der Waals surface area (Å²) < 4.78 is 43.4. The number of rotatable bonds is 5. The molecule has 0 bridgehead atoms. The van der Waals surface area contributed by atoms with E-state index in [-0.39, 0.29) is 5.69 Å². The maximum atomic E-state index is 12.8. The van der Waals surface area contributed by atoms with Crippen molar-refractivity contribution in [3.05, 3.63) is 54.1 Å². The first kappa shape index (κ1) is 20.3. The zero-order valence-corrected chi connectivity index (χ0v) is 15.0. The standard InChI is InChI=1S/C19H19F3N2O3/c1-18(2,16(25)23-13-7-9-15(27-3)10-8-13)17(26)24-14-6-4-5-12(11-14)19(20,21)22/h4-11H,1-3H3,(H,23,25)(H,24,26). The summed E-state index contributed by atoms with van der Waals surface area (Å²) in [5.41, 5.74) is -1.99. The van der Waals surface area contributed by atoms with E-state index in [4.69, 9.17) is 4.74 Å². The van der Waals surface area contributed by atoms with E-state index in [0.717, 1.165) is 12.1 Å². The topological polar surface area (TPSA) is 67.4 Å². The summed E-state index contributed by atoms with van der Waals surface area (Å²) in [5.74, 6) is -0.723. The van der Waals surface area contributed by atoms with Gasteiger partial charge >= 0.3 is 6.18 Å². The van der Waals surface area contributed by atoms with E-state index in [0.29, 0.717) is 11.4 Å². The molecule has 0 atom stereocenters. The fraction of sp³-hybridized carbons (Fsp3) is 0.263. The lowest BCUT2D eigenvalue weighted by Gasteiger charge is -2.23. The van der Waals surface area contributed by atoms with Gasteiger partial charge in [0.15, 0.2) is 0 Å². The Labute approximate surface area is 154 Å². The summed E-state index contributed by atoms with van der Waals surface area (Å²) in [6.07, 6.45) is -4.53. The van der Waals surface area contributed by atoms with Gasteiger partial charge in [-0.05, 0) is 56.3 Å². The van der Waals surface area contributed by atoms with Gasteiger partial charge in [-0.3, -0.25) is 9.59 Å². The Morgan fingerprint density at radius 1 is 0.889 bits per heavy atom. The number of alkyl halides is 3. The molecule has 0 aromatic heterocycles. The van der Waals surface area contributed by atoms with Gasteiger partial charge in [0.25, 0.3) is 0 Å². The number of halogens is 3. The normalized spacial score (nSPS) is 11.6. The van der Waals surface area contributed by atoms with E-state index in [2.05, 4.69) is 10.6 Å². The number of benzene rings is 2. The van der Waals surface area contributed by atoms with Crippen molar-refractivity contribution >= 4 is 23.2 Å². The lowest BCUT2D eigenvalue weighted by atomic mass is 9.90. The Morgan fingerprint density at radius 2 is 1.44 bits per heavy atom. The molecule has 0 aliphatic heterocycles.